The molecule has 1 aromatic rings. The van der Waals surface area contributed by atoms with Crippen LogP contribution in [0.4, 0.5) is 5.69 Å². The highest BCUT2D eigenvalue weighted by molar-refractivity contribution is 5.47. The number of nitrogens with one attached hydrogen (secondary N) is 1. The van der Waals surface area contributed by atoms with Crippen LogP contribution in [-0.4, -0.2) is 19.1 Å². The fourth-order valence-corrected chi connectivity index (χ4v) is 2.64. The highest BCUT2D eigenvalue weighted by Gasteiger charge is 2.23. The SMILES string of the molecule is CCN(CC)c1ccc(CNC(C)CC2CC2)cc1. The second-order valence-electron chi connectivity index (χ2n) is 5.80. The fraction of sp³-hybridized carbons (Fsp3) is 0.647. The first-order valence-corrected chi connectivity index (χ1v) is 7.80. The van der Waals surface area contributed by atoms with E-state index >= 15 is 0 Å². The molecule has 0 bridgehead atoms. The van der Waals surface area contributed by atoms with Gasteiger partial charge in [-0.15, -0.1) is 0 Å². The van der Waals surface area contributed by atoms with Crippen LogP contribution in [0.5, 0.6) is 0 Å². The summed E-state index contributed by atoms with van der Waals surface area (Å²) in [6, 6.07) is 9.65. The summed E-state index contributed by atoms with van der Waals surface area (Å²) < 4.78 is 0. The van der Waals surface area contributed by atoms with Gasteiger partial charge in [0.25, 0.3) is 0 Å². The average Bonchev–Trinajstić information content (AvgIpc) is 3.23. The maximum absolute atomic E-state index is 3.63. The van der Waals surface area contributed by atoms with Crippen molar-refractivity contribution in [3.63, 3.8) is 0 Å². The average molecular weight is 260 g/mol. The molecule has 0 heterocycles. The second-order valence-corrected chi connectivity index (χ2v) is 5.80. The summed E-state index contributed by atoms with van der Waals surface area (Å²) in [5.74, 6) is 1.01. The Morgan fingerprint density at radius 1 is 1.16 bits per heavy atom. The molecule has 0 aliphatic heterocycles. The number of benzene rings is 1. The molecule has 2 nitrogen and oxygen atoms in total. The molecule has 1 aliphatic rings. The van der Waals surface area contributed by atoms with Gasteiger partial charge in [-0.3, -0.25) is 0 Å². The standard InChI is InChI=1S/C17H28N2/c1-4-19(5-2)17-10-8-16(9-11-17)13-18-14(3)12-15-6-7-15/h8-11,14-15,18H,4-7,12-13H2,1-3H3. The summed E-state index contributed by atoms with van der Waals surface area (Å²) in [6.07, 6.45) is 4.24. The molecule has 1 saturated carbocycles. The number of anilines is 1. The summed E-state index contributed by atoms with van der Waals surface area (Å²) in [7, 11) is 0. The minimum absolute atomic E-state index is 0.648. The van der Waals surface area contributed by atoms with Crippen LogP contribution in [-0.2, 0) is 6.54 Å². The third-order valence-corrected chi connectivity index (χ3v) is 4.10. The van der Waals surface area contributed by atoms with Crippen molar-refractivity contribution in [3.05, 3.63) is 29.8 Å². The van der Waals surface area contributed by atoms with Gasteiger partial charge in [0, 0.05) is 31.4 Å². The molecule has 1 N–H and O–H groups in total. The van der Waals surface area contributed by atoms with E-state index in [4.69, 9.17) is 0 Å². The highest BCUT2D eigenvalue weighted by atomic mass is 15.1. The van der Waals surface area contributed by atoms with Gasteiger partial charge >= 0.3 is 0 Å². The number of hydrogen-bond donors (Lipinski definition) is 1. The Balaban J connectivity index is 1.80. The predicted octanol–water partition coefficient (Wildman–Crippen LogP) is 3.81. The first-order valence-electron chi connectivity index (χ1n) is 7.80. The molecule has 0 aromatic heterocycles. The van der Waals surface area contributed by atoms with Crippen LogP contribution in [0.25, 0.3) is 0 Å². The van der Waals surface area contributed by atoms with Gasteiger partial charge in [-0.25, -0.2) is 0 Å². The lowest BCUT2D eigenvalue weighted by Crippen LogP contribution is -2.26. The molecular formula is C17H28N2. The van der Waals surface area contributed by atoms with Crippen molar-refractivity contribution in [1.29, 1.82) is 0 Å². The molecule has 1 atom stereocenters. The third kappa shape index (κ3) is 4.54. The first-order chi connectivity index (χ1) is 9.22. The molecule has 1 unspecified atom stereocenters. The van der Waals surface area contributed by atoms with Gasteiger partial charge in [0.05, 0.1) is 0 Å². The lowest BCUT2D eigenvalue weighted by atomic mass is 10.1. The molecule has 106 valence electrons. The van der Waals surface area contributed by atoms with Crippen molar-refractivity contribution in [3.8, 4) is 0 Å². The van der Waals surface area contributed by atoms with E-state index in [1.54, 1.807) is 0 Å². The second kappa shape index (κ2) is 6.95. The summed E-state index contributed by atoms with van der Waals surface area (Å²) in [5.41, 5.74) is 2.72. The van der Waals surface area contributed by atoms with Crippen molar-refractivity contribution < 1.29 is 0 Å². The molecular weight excluding hydrogens is 232 g/mol. The van der Waals surface area contributed by atoms with Crippen molar-refractivity contribution in [2.75, 3.05) is 18.0 Å². The van der Waals surface area contributed by atoms with Gasteiger partial charge in [0.2, 0.25) is 0 Å². The third-order valence-electron chi connectivity index (χ3n) is 4.10. The Bertz CT molecular complexity index is 363. The highest BCUT2D eigenvalue weighted by Crippen LogP contribution is 2.33. The van der Waals surface area contributed by atoms with Crippen molar-refractivity contribution >= 4 is 5.69 Å². The van der Waals surface area contributed by atoms with Gasteiger partial charge in [-0.2, -0.15) is 0 Å². The Labute approximate surface area is 118 Å². The zero-order valence-corrected chi connectivity index (χ0v) is 12.7. The van der Waals surface area contributed by atoms with E-state index in [9.17, 15) is 0 Å². The Hall–Kier alpha value is -1.02. The lowest BCUT2D eigenvalue weighted by molar-refractivity contribution is 0.487. The molecule has 0 amide bonds. The maximum atomic E-state index is 3.63. The van der Waals surface area contributed by atoms with Crippen molar-refractivity contribution in [2.45, 2.75) is 52.6 Å². The van der Waals surface area contributed by atoms with Crippen LogP contribution >= 0.6 is 0 Å². The van der Waals surface area contributed by atoms with E-state index in [2.05, 4.69) is 55.3 Å². The van der Waals surface area contributed by atoms with Crippen molar-refractivity contribution in [2.24, 2.45) is 5.92 Å². The van der Waals surface area contributed by atoms with Gasteiger partial charge in [0.15, 0.2) is 0 Å². The molecule has 2 heteroatoms. The van der Waals surface area contributed by atoms with Crippen LogP contribution in [0.2, 0.25) is 0 Å². The molecule has 1 fully saturated rings. The summed E-state index contributed by atoms with van der Waals surface area (Å²) >= 11 is 0. The van der Waals surface area contributed by atoms with E-state index in [1.165, 1.54) is 30.5 Å². The minimum atomic E-state index is 0.648. The predicted molar refractivity (Wildman–Crippen MR) is 83.6 cm³/mol. The number of hydrogen-bond acceptors (Lipinski definition) is 2. The van der Waals surface area contributed by atoms with Crippen LogP contribution in [0, 0.1) is 5.92 Å². The van der Waals surface area contributed by atoms with E-state index < -0.39 is 0 Å². The van der Waals surface area contributed by atoms with Gasteiger partial charge in [-0.1, -0.05) is 25.0 Å². The molecule has 0 radical (unpaired) electrons. The van der Waals surface area contributed by atoms with E-state index in [0.29, 0.717) is 6.04 Å². The van der Waals surface area contributed by atoms with E-state index in [-0.39, 0.29) is 0 Å². The zero-order chi connectivity index (χ0) is 13.7. The molecule has 0 spiro atoms. The first kappa shape index (κ1) is 14.4. The van der Waals surface area contributed by atoms with Gasteiger partial charge in [0.1, 0.15) is 0 Å². The van der Waals surface area contributed by atoms with Crippen LogP contribution in [0.3, 0.4) is 0 Å². The zero-order valence-electron chi connectivity index (χ0n) is 12.7. The van der Waals surface area contributed by atoms with Gasteiger partial charge < -0.3 is 10.2 Å². The number of nitrogens with zero attached hydrogens (tertiary/aromatic N) is 1. The Morgan fingerprint density at radius 3 is 2.32 bits per heavy atom. The van der Waals surface area contributed by atoms with E-state index in [1.807, 2.05) is 0 Å². The lowest BCUT2D eigenvalue weighted by Gasteiger charge is -2.21. The summed E-state index contributed by atoms with van der Waals surface area (Å²) in [4.78, 5) is 2.38. The molecule has 1 aliphatic carbocycles. The van der Waals surface area contributed by atoms with Gasteiger partial charge in [-0.05, 0) is 50.8 Å². The van der Waals surface area contributed by atoms with Crippen LogP contribution in [0.15, 0.2) is 24.3 Å². The summed E-state index contributed by atoms with van der Waals surface area (Å²) in [5, 5.41) is 3.63. The molecule has 0 saturated heterocycles. The van der Waals surface area contributed by atoms with Crippen molar-refractivity contribution in [1.82, 2.24) is 5.32 Å². The largest absolute Gasteiger partial charge is 0.372 e. The molecule has 19 heavy (non-hydrogen) atoms. The Kier molecular flexibility index (Phi) is 5.26. The Morgan fingerprint density at radius 2 is 1.79 bits per heavy atom. The topological polar surface area (TPSA) is 15.3 Å². The fourth-order valence-electron chi connectivity index (χ4n) is 2.64. The molecule has 1 aromatic carbocycles. The minimum Gasteiger partial charge on any atom is -0.372 e. The number of rotatable bonds is 8. The molecule has 2 rings (SSSR count). The van der Waals surface area contributed by atoms with E-state index in [0.717, 1.165) is 25.6 Å². The normalized spacial score (nSPS) is 16.4. The van der Waals surface area contributed by atoms with Crippen LogP contribution in [0.1, 0.15) is 45.6 Å². The summed E-state index contributed by atoms with van der Waals surface area (Å²) in [6.45, 7) is 9.87. The monoisotopic (exact) mass is 260 g/mol. The maximum Gasteiger partial charge on any atom is 0.0366 e. The van der Waals surface area contributed by atoms with Crippen LogP contribution < -0.4 is 10.2 Å². The quantitative estimate of drug-likeness (QED) is 0.764. The smallest absolute Gasteiger partial charge is 0.0366 e.